The van der Waals surface area contributed by atoms with Gasteiger partial charge in [-0.3, -0.25) is 0 Å². The summed E-state index contributed by atoms with van der Waals surface area (Å²) in [4.78, 5) is 10.1. The Labute approximate surface area is 95.0 Å². The number of hydrogen-bond donors (Lipinski definition) is 3. The highest BCUT2D eigenvalue weighted by atomic mass is 16.4. The van der Waals surface area contributed by atoms with Crippen molar-refractivity contribution in [3.8, 4) is 0 Å². The fourth-order valence-electron chi connectivity index (χ4n) is 0.732. The number of aliphatic hydroxyl groups is 1. The molecule has 0 aromatic heterocycles. The zero-order valence-corrected chi connectivity index (χ0v) is 9.21. The van der Waals surface area contributed by atoms with Crippen LogP contribution in [-0.2, 0) is 4.79 Å². The van der Waals surface area contributed by atoms with Gasteiger partial charge in [0.1, 0.15) is 0 Å². The van der Waals surface area contributed by atoms with E-state index in [4.69, 9.17) is 15.9 Å². The Kier molecular flexibility index (Phi) is 7.75. The van der Waals surface area contributed by atoms with Crippen LogP contribution in [-0.4, -0.2) is 28.8 Å². The van der Waals surface area contributed by atoms with Crippen LogP contribution < -0.4 is 5.73 Å². The molecule has 0 radical (unpaired) electrons. The Morgan fingerprint density at radius 3 is 2.31 bits per heavy atom. The number of carboxylic acids is 1. The Morgan fingerprint density at radius 1 is 1.44 bits per heavy atom. The number of aliphatic hydroxyl groups excluding tert-OH is 1. The molecule has 0 heterocycles. The molecular weight excluding hydrogens is 206 g/mol. The Balaban J connectivity index is 0.000000385. The average Bonchev–Trinajstić information content (AvgIpc) is 2.28. The lowest BCUT2D eigenvalue weighted by molar-refractivity contribution is -0.131. The second-order valence-corrected chi connectivity index (χ2v) is 3.17. The predicted molar refractivity (Wildman–Crippen MR) is 63.8 cm³/mol. The van der Waals surface area contributed by atoms with Crippen molar-refractivity contribution in [2.24, 2.45) is 5.73 Å². The van der Waals surface area contributed by atoms with Crippen molar-refractivity contribution >= 4 is 12.0 Å². The molecule has 88 valence electrons. The molecule has 0 amide bonds. The second-order valence-electron chi connectivity index (χ2n) is 3.17. The van der Waals surface area contributed by atoms with Crippen LogP contribution in [0.1, 0.15) is 12.5 Å². The quantitative estimate of drug-likeness (QED) is 0.670. The van der Waals surface area contributed by atoms with Crippen LogP contribution in [0.15, 0.2) is 36.4 Å². The minimum atomic E-state index is -0.922. The zero-order valence-electron chi connectivity index (χ0n) is 9.21. The van der Waals surface area contributed by atoms with Gasteiger partial charge in [0.25, 0.3) is 0 Å². The summed E-state index contributed by atoms with van der Waals surface area (Å²) in [6, 6.07) is 9.31. The van der Waals surface area contributed by atoms with Gasteiger partial charge in [-0.25, -0.2) is 4.79 Å². The van der Waals surface area contributed by atoms with Gasteiger partial charge in [-0.1, -0.05) is 30.3 Å². The largest absolute Gasteiger partial charge is 0.478 e. The SMILES string of the molecule is CC(O)CN.O=C(O)/C=C/c1ccccc1. The van der Waals surface area contributed by atoms with Crippen LogP contribution in [0.3, 0.4) is 0 Å². The van der Waals surface area contributed by atoms with E-state index in [0.29, 0.717) is 6.54 Å². The normalized spacial score (nSPS) is 11.7. The third kappa shape index (κ3) is 8.93. The first-order valence-electron chi connectivity index (χ1n) is 4.90. The zero-order chi connectivity index (χ0) is 12.4. The standard InChI is InChI=1S/C9H8O2.C3H9NO/c10-9(11)7-6-8-4-2-1-3-5-8;1-3(5)2-4/h1-7H,(H,10,11);3,5H,2,4H2,1H3/b7-6+;. The Hall–Kier alpha value is -1.65. The third-order valence-electron chi connectivity index (χ3n) is 1.56. The molecule has 0 saturated heterocycles. The summed E-state index contributed by atoms with van der Waals surface area (Å²) in [5.74, 6) is -0.922. The molecule has 0 aliphatic heterocycles. The summed E-state index contributed by atoms with van der Waals surface area (Å²) in [5.41, 5.74) is 5.82. The average molecular weight is 223 g/mol. The molecule has 1 atom stereocenters. The molecule has 4 nitrogen and oxygen atoms in total. The summed E-state index contributed by atoms with van der Waals surface area (Å²) in [6.07, 6.45) is 2.34. The number of carbonyl (C=O) groups is 1. The third-order valence-corrected chi connectivity index (χ3v) is 1.56. The van der Waals surface area contributed by atoms with Crippen molar-refractivity contribution in [1.29, 1.82) is 0 Å². The van der Waals surface area contributed by atoms with Crippen molar-refractivity contribution in [2.45, 2.75) is 13.0 Å². The van der Waals surface area contributed by atoms with Crippen LogP contribution in [0.2, 0.25) is 0 Å². The number of carboxylic acid groups (broad SMARTS) is 1. The van der Waals surface area contributed by atoms with E-state index < -0.39 is 5.97 Å². The monoisotopic (exact) mass is 223 g/mol. The summed E-state index contributed by atoms with van der Waals surface area (Å²) >= 11 is 0. The molecule has 1 aromatic carbocycles. The van der Waals surface area contributed by atoms with Crippen LogP contribution in [0.25, 0.3) is 6.08 Å². The van der Waals surface area contributed by atoms with E-state index >= 15 is 0 Å². The van der Waals surface area contributed by atoms with Gasteiger partial charge in [-0.05, 0) is 18.6 Å². The van der Waals surface area contributed by atoms with Gasteiger partial charge in [0.05, 0.1) is 6.10 Å². The van der Waals surface area contributed by atoms with Gasteiger partial charge in [0.15, 0.2) is 0 Å². The minimum absolute atomic E-state index is 0.338. The molecule has 0 aliphatic carbocycles. The predicted octanol–water partition coefficient (Wildman–Crippen LogP) is 1.11. The first-order valence-corrected chi connectivity index (χ1v) is 4.90. The summed E-state index contributed by atoms with van der Waals surface area (Å²) in [6.45, 7) is 2.01. The molecule has 4 N–H and O–H groups in total. The maximum atomic E-state index is 10.1. The highest BCUT2D eigenvalue weighted by Gasteiger charge is 1.86. The van der Waals surface area contributed by atoms with E-state index in [1.807, 2.05) is 30.3 Å². The van der Waals surface area contributed by atoms with Crippen molar-refractivity contribution < 1.29 is 15.0 Å². The molecule has 4 heteroatoms. The number of hydrogen-bond acceptors (Lipinski definition) is 3. The lowest BCUT2D eigenvalue weighted by Gasteiger charge is -1.91. The first-order chi connectivity index (χ1) is 7.56. The number of benzene rings is 1. The van der Waals surface area contributed by atoms with E-state index in [9.17, 15) is 4.79 Å². The number of rotatable bonds is 3. The van der Waals surface area contributed by atoms with Crippen molar-refractivity contribution in [1.82, 2.24) is 0 Å². The van der Waals surface area contributed by atoms with Crippen LogP contribution in [0, 0.1) is 0 Å². The molecule has 0 bridgehead atoms. The van der Waals surface area contributed by atoms with E-state index in [1.54, 1.807) is 13.0 Å². The van der Waals surface area contributed by atoms with Crippen LogP contribution in [0.4, 0.5) is 0 Å². The van der Waals surface area contributed by atoms with Crippen LogP contribution in [0.5, 0.6) is 0 Å². The fourth-order valence-corrected chi connectivity index (χ4v) is 0.732. The van der Waals surface area contributed by atoms with Gasteiger partial charge in [0.2, 0.25) is 0 Å². The lowest BCUT2D eigenvalue weighted by Crippen LogP contribution is -2.14. The van der Waals surface area contributed by atoms with Gasteiger partial charge in [0, 0.05) is 12.6 Å². The van der Waals surface area contributed by atoms with E-state index in [-0.39, 0.29) is 6.10 Å². The topological polar surface area (TPSA) is 83.5 Å². The van der Waals surface area contributed by atoms with E-state index in [2.05, 4.69) is 0 Å². The van der Waals surface area contributed by atoms with E-state index in [1.165, 1.54) is 0 Å². The molecule has 0 aliphatic rings. The molecule has 0 spiro atoms. The molecule has 16 heavy (non-hydrogen) atoms. The molecule has 1 rings (SSSR count). The maximum Gasteiger partial charge on any atom is 0.328 e. The molecule has 1 unspecified atom stereocenters. The minimum Gasteiger partial charge on any atom is -0.478 e. The molecule has 1 aromatic rings. The van der Waals surface area contributed by atoms with Gasteiger partial charge in [-0.15, -0.1) is 0 Å². The fraction of sp³-hybridized carbons (Fsp3) is 0.250. The molecular formula is C12H17NO3. The highest BCUT2D eigenvalue weighted by molar-refractivity contribution is 5.85. The highest BCUT2D eigenvalue weighted by Crippen LogP contribution is 1.99. The van der Waals surface area contributed by atoms with Crippen molar-refractivity contribution in [3.63, 3.8) is 0 Å². The summed E-state index contributed by atoms with van der Waals surface area (Å²) < 4.78 is 0. The first kappa shape index (κ1) is 14.4. The summed E-state index contributed by atoms with van der Waals surface area (Å²) in [7, 11) is 0. The molecule has 0 fully saturated rings. The van der Waals surface area contributed by atoms with Gasteiger partial charge >= 0.3 is 5.97 Å². The smallest absolute Gasteiger partial charge is 0.328 e. The Morgan fingerprint density at radius 2 is 1.94 bits per heavy atom. The number of nitrogens with two attached hydrogens (primary N) is 1. The van der Waals surface area contributed by atoms with Crippen LogP contribution >= 0.6 is 0 Å². The van der Waals surface area contributed by atoms with Gasteiger partial charge < -0.3 is 15.9 Å². The maximum absolute atomic E-state index is 10.1. The Bertz CT molecular complexity index is 320. The lowest BCUT2D eigenvalue weighted by atomic mass is 10.2. The summed E-state index contributed by atoms with van der Waals surface area (Å²) in [5, 5.41) is 16.5. The number of aliphatic carboxylic acids is 1. The second kappa shape index (κ2) is 8.64. The van der Waals surface area contributed by atoms with Crippen molar-refractivity contribution in [2.75, 3.05) is 6.54 Å². The molecule has 0 saturated carbocycles. The van der Waals surface area contributed by atoms with Gasteiger partial charge in [-0.2, -0.15) is 0 Å². The van der Waals surface area contributed by atoms with Crippen molar-refractivity contribution in [3.05, 3.63) is 42.0 Å². The van der Waals surface area contributed by atoms with E-state index in [0.717, 1.165) is 11.6 Å².